The minimum atomic E-state index is -0.802. The van der Waals surface area contributed by atoms with E-state index < -0.39 is 11.4 Å². The first-order chi connectivity index (χ1) is 10.1. The molecule has 0 unspecified atom stereocenters. The second kappa shape index (κ2) is 5.39. The summed E-state index contributed by atoms with van der Waals surface area (Å²) >= 11 is 0. The first-order valence-electron chi connectivity index (χ1n) is 7.44. The monoisotopic (exact) mass is 288 g/mol. The molecule has 0 aromatic heterocycles. The molecule has 0 atom stereocenters. The molecule has 1 fully saturated rings. The highest BCUT2D eigenvalue weighted by molar-refractivity contribution is 5.80. The average Bonchev–Trinajstić information content (AvgIpc) is 3.28. The smallest absolute Gasteiger partial charge is 0.317 e. The number of carbonyl (C=O) groups excluding carboxylic acids is 1. The summed E-state index contributed by atoms with van der Waals surface area (Å²) < 4.78 is 0. The van der Waals surface area contributed by atoms with Crippen molar-refractivity contribution in [2.24, 2.45) is 5.41 Å². The van der Waals surface area contributed by atoms with Crippen molar-refractivity contribution >= 4 is 12.0 Å². The Bertz CT molecular complexity index is 566. The lowest BCUT2D eigenvalue weighted by atomic mass is 10.0. The van der Waals surface area contributed by atoms with Gasteiger partial charge in [-0.25, -0.2) is 4.79 Å². The molecule has 5 nitrogen and oxygen atoms in total. The number of benzene rings is 1. The van der Waals surface area contributed by atoms with E-state index in [1.54, 1.807) is 4.90 Å². The van der Waals surface area contributed by atoms with Crippen molar-refractivity contribution in [3.8, 4) is 0 Å². The number of carbonyl (C=O) groups is 2. The van der Waals surface area contributed by atoms with Gasteiger partial charge in [0.05, 0.1) is 5.41 Å². The van der Waals surface area contributed by atoms with E-state index in [4.69, 9.17) is 5.11 Å². The molecule has 1 aromatic rings. The molecule has 0 saturated heterocycles. The molecule has 1 aliphatic heterocycles. The molecule has 0 spiro atoms. The fourth-order valence-electron chi connectivity index (χ4n) is 2.85. The van der Waals surface area contributed by atoms with Crippen LogP contribution >= 0.6 is 0 Å². The normalized spacial score (nSPS) is 19.3. The number of hydrogen-bond acceptors (Lipinski definition) is 2. The Morgan fingerprint density at radius 3 is 2.62 bits per heavy atom. The Labute approximate surface area is 123 Å². The number of fused-ring (bicyclic) bond motifs is 1. The van der Waals surface area contributed by atoms with Gasteiger partial charge in [0.25, 0.3) is 0 Å². The molecule has 112 valence electrons. The summed E-state index contributed by atoms with van der Waals surface area (Å²) in [5.41, 5.74) is 1.78. The van der Waals surface area contributed by atoms with E-state index in [0.717, 1.165) is 12.8 Å². The molecule has 1 aromatic carbocycles. The van der Waals surface area contributed by atoms with Crippen LogP contribution in [0.2, 0.25) is 0 Å². The van der Waals surface area contributed by atoms with Gasteiger partial charge >= 0.3 is 12.0 Å². The molecule has 0 bridgehead atoms. The highest BCUT2D eigenvalue weighted by Crippen LogP contribution is 2.45. The summed E-state index contributed by atoms with van der Waals surface area (Å²) in [5.74, 6) is -0.802. The van der Waals surface area contributed by atoms with Crippen LogP contribution in [0.5, 0.6) is 0 Å². The zero-order chi connectivity index (χ0) is 14.9. The lowest BCUT2D eigenvalue weighted by Crippen LogP contribution is -2.43. The number of carboxylic acids is 1. The van der Waals surface area contributed by atoms with Crippen molar-refractivity contribution < 1.29 is 14.7 Å². The van der Waals surface area contributed by atoms with Crippen LogP contribution in [-0.4, -0.2) is 35.1 Å². The number of amides is 2. The first-order valence-corrected chi connectivity index (χ1v) is 7.44. The molecule has 2 N–H and O–H groups in total. The lowest BCUT2D eigenvalue weighted by molar-refractivity contribution is -0.143. The highest BCUT2D eigenvalue weighted by atomic mass is 16.4. The molecule has 3 rings (SSSR count). The van der Waals surface area contributed by atoms with Crippen LogP contribution in [0.25, 0.3) is 0 Å². The van der Waals surface area contributed by atoms with E-state index in [2.05, 4.69) is 17.4 Å². The molecule has 1 saturated carbocycles. The molecular formula is C16H20N2O3. The van der Waals surface area contributed by atoms with E-state index in [1.165, 1.54) is 11.1 Å². The minimum absolute atomic E-state index is 0.153. The van der Waals surface area contributed by atoms with Crippen LogP contribution < -0.4 is 5.32 Å². The summed E-state index contributed by atoms with van der Waals surface area (Å²) in [4.78, 5) is 25.2. The highest BCUT2D eigenvalue weighted by Gasteiger charge is 2.50. The van der Waals surface area contributed by atoms with Gasteiger partial charge in [-0.15, -0.1) is 0 Å². The molecular weight excluding hydrogens is 268 g/mol. The van der Waals surface area contributed by atoms with Crippen molar-refractivity contribution in [2.45, 2.75) is 32.2 Å². The van der Waals surface area contributed by atoms with Gasteiger partial charge in [0.1, 0.15) is 0 Å². The SMILES string of the molecule is O=C(NCC1(C(=O)O)CC1)N1CCCc2ccccc2C1. The topological polar surface area (TPSA) is 69.6 Å². The molecule has 2 amide bonds. The Morgan fingerprint density at radius 2 is 1.95 bits per heavy atom. The van der Waals surface area contributed by atoms with E-state index in [-0.39, 0.29) is 12.6 Å². The van der Waals surface area contributed by atoms with Gasteiger partial charge in [-0.2, -0.15) is 0 Å². The zero-order valence-corrected chi connectivity index (χ0v) is 12.0. The van der Waals surface area contributed by atoms with Gasteiger partial charge in [0, 0.05) is 19.6 Å². The molecule has 21 heavy (non-hydrogen) atoms. The maximum absolute atomic E-state index is 12.3. The standard InChI is InChI=1S/C16H20N2O3/c19-14(20)16(7-8-16)11-17-15(21)18-9-3-6-12-4-1-2-5-13(12)10-18/h1-2,4-5H,3,6-11H2,(H,17,21)(H,19,20). The van der Waals surface area contributed by atoms with Crippen LogP contribution in [0.15, 0.2) is 24.3 Å². The van der Waals surface area contributed by atoms with Gasteiger partial charge in [0.2, 0.25) is 0 Å². The number of hydrogen-bond donors (Lipinski definition) is 2. The Kier molecular flexibility index (Phi) is 3.57. The maximum atomic E-state index is 12.3. The zero-order valence-electron chi connectivity index (χ0n) is 12.0. The van der Waals surface area contributed by atoms with E-state index in [1.807, 2.05) is 12.1 Å². The summed E-state index contributed by atoms with van der Waals surface area (Å²) in [6.45, 7) is 1.54. The van der Waals surface area contributed by atoms with Crippen LogP contribution in [0.3, 0.4) is 0 Å². The third-order valence-corrected chi connectivity index (χ3v) is 4.53. The van der Waals surface area contributed by atoms with Gasteiger partial charge in [-0.3, -0.25) is 4.79 Å². The number of carboxylic acid groups (broad SMARTS) is 1. The van der Waals surface area contributed by atoms with Crippen molar-refractivity contribution in [1.82, 2.24) is 10.2 Å². The summed E-state index contributed by atoms with van der Waals surface area (Å²) in [6, 6.07) is 8.03. The molecule has 2 aliphatic rings. The second-order valence-electron chi connectivity index (χ2n) is 6.04. The largest absolute Gasteiger partial charge is 0.481 e. The van der Waals surface area contributed by atoms with Crippen molar-refractivity contribution in [3.63, 3.8) is 0 Å². The molecule has 1 aliphatic carbocycles. The van der Waals surface area contributed by atoms with E-state index >= 15 is 0 Å². The number of nitrogens with one attached hydrogen (secondary N) is 1. The minimum Gasteiger partial charge on any atom is -0.481 e. The first kappa shape index (κ1) is 13.9. The Hall–Kier alpha value is -2.04. The number of rotatable bonds is 3. The lowest BCUT2D eigenvalue weighted by Gasteiger charge is -2.22. The second-order valence-corrected chi connectivity index (χ2v) is 6.04. The predicted octanol–water partition coefficient (Wildman–Crippen LogP) is 2.01. The van der Waals surface area contributed by atoms with Gasteiger partial charge < -0.3 is 15.3 Å². The average molecular weight is 288 g/mol. The molecule has 1 heterocycles. The van der Waals surface area contributed by atoms with Gasteiger partial charge in [-0.1, -0.05) is 24.3 Å². The van der Waals surface area contributed by atoms with E-state index in [9.17, 15) is 9.59 Å². The third kappa shape index (κ3) is 2.86. The van der Waals surface area contributed by atoms with Crippen molar-refractivity contribution in [2.75, 3.05) is 13.1 Å². The van der Waals surface area contributed by atoms with Crippen LogP contribution in [0.1, 0.15) is 30.4 Å². The number of nitrogens with zero attached hydrogens (tertiary/aromatic N) is 1. The van der Waals surface area contributed by atoms with Crippen molar-refractivity contribution in [1.29, 1.82) is 0 Å². The number of aliphatic carboxylic acids is 1. The molecule has 5 heteroatoms. The number of aryl methyl sites for hydroxylation is 1. The van der Waals surface area contributed by atoms with Crippen molar-refractivity contribution in [3.05, 3.63) is 35.4 Å². The summed E-state index contributed by atoms with van der Waals surface area (Å²) in [5, 5.41) is 11.9. The fraction of sp³-hybridized carbons (Fsp3) is 0.500. The Balaban J connectivity index is 1.62. The van der Waals surface area contributed by atoms with E-state index in [0.29, 0.717) is 25.9 Å². The Morgan fingerprint density at radius 1 is 1.24 bits per heavy atom. The quantitative estimate of drug-likeness (QED) is 0.894. The predicted molar refractivity (Wildman–Crippen MR) is 77.9 cm³/mol. The third-order valence-electron chi connectivity index (χ3n) is 4.53. The summed E-state index contributed by atoms with van der Waals surface area (Å²) in [7, 11) is 0. The summed E-state index contributed by atoms with van der Waals surface area (Å²) in [6.07, 6.45) is 3.24. The maximum Gasteiger partial charge on any atom is 0.317 e. The van der Waals surface area contributed by atoms with Gasteiger partial charge in [0.15, 0.2) is 0 Å². The molecule has 0 radical (unpaired) electrons. The van der Waals surface area contributed by atoms with Crippen LogP contribution in [0.4, 0.5) is 4.79 Å². The van der Waals surface area contributed by atoms with Crippen LogP contribution in [0, 0.1) is 5.41 Å². The fourth-order valence-corrected chi connectivity index (χ4v) is 2.85. The number of urea groups is 1. The van der Waals surface area contributed by atoms with Crippen LogP contribution in [-0.2, 0) is 17.8 Å². The van der Waals surface area contributed by atoms with Gasteiger partial charge in [-0.05, 0) is 36.8 Å².